The number of nitrogens with zero attached hydrogens (tertiary/aromatic N) is 1. The third kappa shape index (κ3) is 2.84. The first kappa shape index (κ1) is 13.7. The van der Waals surface area contributed by atoms with Crippen molar-refractivity contribution >= 4 is 17.8 Å². The number of Topliss-reactive ketones (excluding diaryl/α,β-unsaturated/α-hetero) is 1. The molecule has 5 nitrogen and oxygen atoms in total. The Hall–Kier alpha value is -1.39. The predicted octanol–water partition coefficient (Wildman–Crippen LogP) is 1.76. The van der Waals surface area contributed by atoms with Gasteiger partial charge in [0.05, 0.1) is 5.92 Å². The van der Waals surface area contributed by atoms with Crippen molar-refractivity contribution in [3.05, 3.63) is 0 Å². The monoisotopic (exact) mass is 241 g/mol. The summed E-state index contributed by atoms with van der Waals surface area (Å²) in [5.41, 5.74) is -0.623. The zero-order chi connectivity index (χ0) is 13.4. The second-order valence-corrected chi connectivity index (χ2v) is 5.74. The molecule has 0 aromatic carbocycles. The lowest BCUT2D eigenvalue weighted by molar-refractivity contribution is -0.147. The largest absolute Gasteiger partial charge is 0.465 e. The molecule has 1 rings (SSSR count). The number of ketones is 1. The van der Waals surface area contributed by atoms with Gasteiger partial charge in [0.25, 0.3) is 0 Å². The van der Waals surface area contributed by atoms with E-state index < -0.39 is 23.3 Å². The summed E-state index contributed by atoms with van der Waals surface area (Å²) in [6.07, 6.45) is -0.827. The van der Waals surface area contributed by atoms with Crippen LogP contribution in [0.3, 0.4) is 0 Å². The van der Waals surface area contributed by atoms with E-state index in [-0.39, 0.29) is 18.2 Å². The second-order valence-electron chi connectivity index (χ2n) is 5.74. The molecule has 1 saturated heterocycles. The Morgan fingerprint density at radius 3 is 2.29 bits per heavy atom. The van der Waals surface area contributed by atoms with Crippen LogP contribution in [-0.4, -0.2) is 34.3 Å². The van der Waals surface area contributed by atoms with Crippen molar-refractivity contribution < 1.29 is 19.5 Å². The van der Waals surface area contributed by atoms with Crippen LogP contribution >= 0.6 is 0 Å². The highest BCUT2D eigenvalue weighted by atomic mass is 16.4. The second kappa shape index (κ2) is 4.47. The SMILES string of the molecule is C[C@H]1CC(C(=O)C(C)(C)C)C(=O)N(C(=O)O)C1. The van der Waals surface area contributed by atoms with Crippen LogP contribution in [-0.2, 0) is 9.59 Å². The fourth-order valence-corrected chi connectivity index (χ4v) is 2.08. The van der Waals surface area contributed by atoms with Crippen LogP contribution in [0.25, 0.3) is 0 Å². The van der Waals surface area contributed by atoms with Gasteiger partial charge in [-0.05, 0) is 12.3 Å². The lowest BCUT2D eigenvalue weighted by Crippen LogP contribution is -2.51. The molecular weight excluding hydrogens is 222 g/mol. The van der Waals surface area contributed by atoms with Crippen LogP contribution in [0.1, 0.15) is 34.1 Å². The Kier molecular flexibility index (Phi) is 3.59. The summed E-state index contributed by atoms with van der Waals surface area (Å²) in [4.78, 5) is 35.7. The molecule has 0 aliphatic carbocycles. The lowest BCUT2D eigenvalue weighted by Gasteiger charge is -2.34. The number of piperidine rings is 1. The van der Waals surface area contributed by atoms with Crippen molar-refractivity contribution in [2.45, 2.75) is 34.1 Å². The first-order chi connectivity index (χ1) is 7.64. The molecule has 17 heavy (non-hydrogen) atoms. The van der Waals surface area contributed by atoms with Gasteiger partial charge in [0.2, 0.25) is 5.91 Å². The van der Waals surface area contributed by atoms with Crippen LogP contribution in [0.5, 0.6) is 0 Å². The number of carbonyl (C=O) groups is 3. The summed E-state index contributed by atoms with van der Waals surface area (Å²) in [5.74, 6) is -1.54. The fraction of sp³-hybridized carbons (Fsp3) is 0.750. The van der Waals surface area contributed by atoms with Crippen molar-refractivity contribution in [2.24, 2.45) is 17.3 Å². The molecule has 1 aliphatic rings. The Morgan fingerprint density at radius 1 is 1.35 bits per heavy atom. The number of rotatable bonds is 1. The molecule has 0 radical (unpaired) electrons. The van der Waals surface area contributed by atoms with Crippen LogP contribution in [0.15, 0.2) is 0 Å². The highest BCUT2D eigenvalue weighted by molar-refractivity contribution is 6.07. The van der Waals surface area contributed by atoms with Gasteiger partial charge in [0.1, 0.15) is 0 Å². The minimum absolute atomic E-state index is 0.0279. The molecule has 1 fully saturated rings. The van der Waals surface area contributed by atoms with Gasteiger partial charge in [-0.1, -0.05) is 27.7 Å². The van der Waals surface area contributed by atoms with E-state index in [1.807, 2.05) is 6.92 Å². The molecule has 1 N–H and O–H groups in total. The molecule has 2 atom stereocenters. The maximum Gasteiger partial charge on any atom is 0.414 e. The number of likely N-dealkylation sites (tertiary alicyclic amines) is 1. The Balaban J connectivity index is 2.96. The average molecular weight is 241 g/mol. The number of amides is 2. The number of carboxylic acid groups (broad SMARTS) is 1. The minimum atomic E-state index is -1.27. The van der Waals surface area contributed by atoms with Crippen molar-refractivity contribution in [1.82, 2.24) is 4.90 Å². The van der Waals surface area contributed by atoms with Crippen molar-refractivity contribution in [2.75, 3.05) is 6.54 Å². The molecule has 1 unspecified atom stereocenters. The van der Waals surface area contributed by atoms with Gasteiger partial charge in [-0.3, -0.25) is 9.59 Å². The van der Waals surface area contributed by atoms with Crippen LogP contribution in [0, 0.1) is 17.3 Å². The standard InChI is InChI=1S/C12H19NO4/c1-7-5-8(9(14)12(2,3)4)10(15)13(6-7)11(16)17/h7-8H,5-6H2,1-4H3,(H,16,17)/t7-,8?/m0/s1. The molecule has 96 valence electrons. The molecule has 0 aromatic heterocycles. The van der Waals surface area contributed by atoms with Crippen molar-refractivity contribution in [1.29, 1.82) is 0 Å². The number of carbonyl (C=O) groups excluding carboxylic acids is 2. The third-order valence-electron chi connectivity index (χ3n) is 2.98. The summed E-state index contributed by atoms with van der Waals surface area (Å²) < 4.78 is 0. The van der Waals surface area contributed by atoms with Gasteiger partial charge < -0.3 is 5.11 Å². The van der Waals surface area contributed by atoms with Gasteiger partial charge in [-0.25, -0.2) is 9.69 Å². The summed E-state index contributed by atoms with van der Waals surface area (Å²) in [7, 11) is 0. The fourth-order valence-electron chi connectivity index (χ4n) is 2.08. The highest BCUT2D eigenvalue weighted by Crippen LogP contribution is 2.30. The molecule has 1 heterocycles. The number of hydrogen-bond donors (Lipinski definition) is 1. The smallest absolute Gasteiger partial charge is 0.414 e. The van der Waals surface area contributed by atoms with E-state index in [0.717, 1.165) is 4.90 Å². The van der Waals surface area contributed by atoms with Crippen LogP contribution in [0.2, 0.25) is 0 Å². The maximum atomic E-state index is 12.1. The first-order valence-corrected chi connectivity index (χ1v) is 5.73. The van der Waals surface area contributed by atoms with Gasteiger partial charge in [-0.15, -0.1) is 0 Å². The quantitative estimate of drug-likeness (QED) is 0.710. The van der Waals surface area contributed by atoms with E-state index >= 15 is 0 Å². The molecule has 2 amide bonds. The molecule has 5 heteroatoms. The van der Waals surface area contributed by atoms with Gasteiger partial charge in [-0.2, -0.15) is 0 Å². The van der Waals surface area contributed by atoms with E-state index in [1.165, 1.54) is 0 Å². The third-order valence-corrected chi connectivity index (χ3v) is 2.98. The van der Waals surface area contributed by atoms with Gasteiger partial charge >= 0.3 is 6.09 Å². The summed E-state index contributed by atoms with van der Waals surface area (Å²) in [6.45, 7) is 7.26. The van der Waals surface area contributed by atoms with Crippen LogP contribution in [0.4, 0.5) is 4.79 Å². The lowest BCUT2D eigenvalue weighted by atomic mass is 9.77. The van der Waals surface area contributed by atoms with E-state index in [0.29, 0.717) is 6.42 Å². The molecule has 0 bridgehead atoms. The van der Waals surface area contributed by atoms with E-state index in [2.05, 4.69) is 0 Å². The van der Waals surface area contributed by atoms with Crippen molar-refractivity contribution in [3.8, 4) is 0 Å². The van der Waals surface area contributed by atoms with Crippen molar-refractivity contribution in [3.63, 3.8) is 0 Å². The topological polar surface area (TPSA) is 74.7 Å². The minimum Gasteiger partial charge on any atom is -0.465 e. The molecule has 1 aliphatic heterocycles. The van der Waals surface area contributed by atoms with Gasteiger partial charge in [0.15, 0.2) is 5.78 Å². The Labute approximate surface area is 101 Å². The number of hydrogen-bond acceptors (Lipinski definition) is 3. The zero-order valence-corrected chi connectivity index (χ0v) is 10.7. The Bertz CT molecular complexity index is 356. The first-order valence-electron chi connectivity index (χ1n) is 5.73. The predicted molar refractivity (Wildman–Crippen MR) is 61.5 cm³/mol. The molecule has 0 spiro atoms. The van der Waals surface area contributed by atoms with E-state index in [4.69, 9.17) is 5.11 Å². The summed E-state index contributed by atoms with van der Waals surface area (Å²) >= 11 is 0. The average Bonchev–Trinajstić information content (AvgIpc) is 2.18. The molecular formula is C12H19NO4. The number of imide groups is 1. The normalized spacial score (nSPS) is 25.9. The van der Waals surface area contributed by atoms with Gasteiger partial charge in [0, 0.05) is 12.0 Å². The maximum absolute atomic E-state index is 12.1. The summed E-state index contributed by atoms with van der Waals surface area (Å²) in [6, 6.07) is 0. The summed E-state index contributed by atoms with van der Waals surface area (Å²) in [5, 5.41) is 8.92. The zero-order valence-electron chi connectivity index (χ0n) is 10.7. The highest BCUT2D eigenvalue weighted by Gasteiger charge is 2.43. The molecule has 0 saturated carbocycles. The van der Waals surface area contributed by atoms with E-state index in [9.17, 15) is 14.4 Å². The van der Waals surface area contributed by atoms with Crippen LogP contribution < -0.4 is 0 Å². The Morgan fingerprint density at radius 2 is 1.88 bits per heavy atom. The molecule has 0 aromatic rings. The van der Waals surface area contributed by atoms with E-state index in [1.54, 1.807) is 20.8 Å².